The van der Waals surface area contributed by atoms with Crippen LogP contribution in [0.15, 0.2) is 36.4 Å². The topological polar surface area (TPSA) is 26.0 Å². The van der Waals surface area contributed by atoms with E-state index >= 15 is 0 Å². The second-order valence-electron chi connectivity index (χ2n) is 3.82. The van der Waals surface area contributed by atoms with Crippen molar-refractivity contribution in [1.29, 1.82) is 0 Å². The summed E-state index contributed by atoms with van der Waals surface area (Å²) >= 11 is 17.4. The fraction of sp³-hybridized carbons (Fsp3) is 0.0769. The zero-order valence-corrected chi connectivity index (χ0v) is 11.4. The van der Waals surface area contributed by atoms with Crippen LogP contribution in [0.4, 0.5) is 4.39 Å². The van der Waals surface area contributed by atoms with Gasteiger partial charge in [-0.05, 0) is 35.4 Å². The zero-order valence-electron chi connectivity index (χ0n) is 9.13. The summed E-state index contributed by atoms with van der Waals surface area (Å²) in [4.78, 5) is 0. The summed E-state index contributed by atoms with van der Waals surface area (Å²) in [6.45, 7) is 0. The lowest BCUT2D eigenvalue weighted by Crippen LogP contribution is -2.12. The molecule has 2 rings (SSSR count). The van der Waals surface area contributed by atoms with Crippen LogP contribution in [0.5, 0.6) is 0 Å². The molecule has 1 atom stereocenters. The second-order valence-corrected chi connectivity index (χ2v) is 5.05. The van der Waals surface area contributed by atoms with Crippen molar-refractivity contribution in [3.05, 3.63) is 68.4 Å². The summed E-state index contributed by atoms with van der Waals surface area (Å²) in [7, 11) is 0. The molecule has 0 spiro atoms. The van der Waals surface area contributed by atoms with Crippen molar-refractivity contribution in [3.63, 3.8) is 0 Å². The highest BCUT2D eigenvalue weighted by Crippen LogP contribution is 2.28. The first kappa shape index (κ1) is 13.6. The van der Waals surface area contributed by atoms with E-state index in [0.717, 1.165) is 5.56 Å². The molecule has 0 aromatic heterocycles. The quantitative estimate of drug-likeness (QED) is 0.844. The van der Waals surface area contributed by atoms with Gasteiger partial charge in [-0.15, -0.1) is 0 Å². The Labute approximate surface area is 119 Å². The summed E-state index contributed by atoms with van der Waals surface area (Å²) in [5.41, 5.74) is 7.42. The first-order valence-electron chi connectivity index (χ1n) is 5.14. The first-order valence-corrected chi connectivity index (χ1v) is 6.28. The largest absolute Gasteiger partial charge is 0.320 e. The molecule has 0 heterocycles. The minimum Gasteiger partial charge on any atom is -0.320 e. The number of nitrogens with two attached hydrogens (primary N) is 1. The third-order valence-electron chi connectivity index (χ3n) is 2.61. The Bertz CT molecular complexity index is 535. The van der Waals surface area contributed by atoms with Gasteiger partial charge in [-0.3, -0.25) is 0 Å². The predicted molar refractivity (Wildman–Crippen MR) is 73.9 cm³/mol. The molecule has 2 N–H and O–H groups in total. The summed E-state index contributed by atoms with van der Waals surface area (Å²) in [6, 6.07) is 9.07. The van der Waals surface area contributed by atoms with Crippen LogP contribution in [-0.4, -0.2) is 0 Å². The van der Waals surface area contributed by atoms with Crippen LogP contribution in [0.1, 0.15) is 17.2 Å². The summed E-state index contributed by atoms with van der Waals surface area (Å²) < 4.78 is 13.4. The highest BCUT2D eigenvalue weighted by molar-refractivity contribution is 6.42. The average molecular weight is 305 g/mol. The van der Waals surface area contributed by atoms with Crippen molar-refractivity contribution < 1.29 is 4.39 Å². The van der Waals surface area contributed by atoms with Crippen LogP contribution in [0, 0.1) is 5.82 Å². The Morgan fingerprint density at radius 1 is 0.833 bits per heavy atom. The lowest BCUT2D eigenvalue weighted by Gasteiger charge is -2.13. The van der Waals surface area contributed by atoms with Crippen LogP contribution in [0.2, 0.25) is 15.1 Å². The molecule has 1 nitrogen and oxygen atoms in total. The SMILES string of the molecule is NC(c1ccc(Cl)c(F)c1)c1ccc(Cl)c(Cl)c1. The Morgan fingerprint density at radius 2 is 1.39 bits per heavy atom. The maximum Gasteiger partial charge on any atom is 0.142 e. The van der Waals surface area contributed by atoms with Gasteiger partial charge in [-0.1, -0.05) is 46.9 Å². The van der Waals surface area contributed by atoms with Gasteiger partial charge >= 0.3 is 0 Å². The van der Waals surface area contributed by atoms with Crippen LogP contribution in [0.3, 0.4) is 0 Å². The molecule has 0 saturated carbocycles. The van der Waals surface area contributed by atoms with E-state index in [1.807, 2.05) is 0 Å². The number of benzene rings is 2. The maximum absolute atomic E-state index is 13.4. The summed E-state index contributed by atoms with van der Waals surface area (Å²) in [5.74, 6) is -0.496. The second kappa shape index (κ2) is 5.45. The monoisotopic (exact) mass is 303 g/mol. The summed E-state index contributed by atoms with van der Waals surface area (Å²) in [5, 5.41) is 0.939. The van der Waals surface area contributed by atoms with E-state index in [1.54, 1.807) is 24.3 Å². The fourth-order valence-electron chi connectivity index (χ4n) is 1.60. The van der Waals surface area contributed by atoms with E-state index in [-0.39, 0.29) is 5.02 Å². The van der Waals surface area contributed by atoms with Gasteiger partial charge in [-0.2, -0.15) is 0 Å². The van der Waals surface area contributed by atoms with Crippen molar-refractivity contribution in [2.75, 3.05) is 0 Å². The van der Waals surface area contributed by atoms with E-state index in [1.165, 1.54) is 12.1 Å². The third kappa shape index (κ3) is 2.78. The highest BCUT2D eigenvalue weighted by Gasteiger charge is 2.12. The van der Waals surface area contributed by atoms with Crippen LogP contribution in [-0.2, 0) is 0 Å². The first-order chi connectivity index (χ1) is 8.49. The van der Waals surface area contributed by atoms with Crippen molar-refractivity contribution in [2.24, 2.45) is 5.73 Å². The maximum atomic E-state index is 13.4. The van der Waals surface area contributed by atoms with Gasteiger partial charge < -0.3 is 5.73 Å². The van der Waals surface area contributed by atoms with Crippen molar-refractivity contribution in [1.82, 2.24) is 0 Å². The Hall–Kier alpha value is -0.800. The fourth-order valence-corrected chi connectivity index (χ4v) is 2.03. The van der Waals surface area contributed by atoms with Crippen molar-refractivity contribution >= 4 is 34.8 Å². The van der Waals surface area contributed by atoms with E-state index in [2.05, 4.69) is 0 Å². The Balaban J connectivity index is 2.37. The normalized spacial score (nSPS) is 12.5. The minimum absolute atomic E-state index is 0.0695. The predicted octanol–water partition coefficient (Wildman–Crippen LogP) is 4.83. The van der Waals surface area contributed by atoms with Gasteiger partial charge in [0.1, 0.15) is 5.82 Å². The lowest BCUT2D eigenvalue weighted by molar-refractivity contribution is 0.624. The zero-order chi connectivity index (χ0) is 13.3. The molecular weight excluding hydrogens is 296 g/mol. The van der Waals surface area contributed by atoms with Gasteiger partial charge in [0.15, 0.2) is 0 Å². The van der Waals surface area contributed by atoms with E-state index in [0.29, 0.717) is 15.6 Å². The van der Waals surface area contributed by atoms with Gasteiger partial charge in [0.25, 0.3) is 0 Å². The lowest BCUT2D eigenvalue weighted by atomic mass is 10.00. The molecule has 0 saturated heterocycles. The average Bonchev–Trinajstić information content (AvgIpc) is 2.35. The number of hydrogen-bond donors (Lipinski definition) is 1. The molecule has 94 valence electrons. The molecule has 0 radical (unpaired) electrons. The number of hydrogen-bond acceptors (Lipinski definition) is 1. The van der Waals surface area contributed by atoms with Crippen LogP contribution in [0.25, 0.3) is 0 Å². The van der Waals surface area contributed by atoms with Crippen LogP contribution < -0.4 is 5.73 Å². The Kier molecular flexibility index (Phi) is 4.13. The number of rotatable bonds is 2. The molecule has 0 fully saturated rings. The number of halogens is 4. The molecule has 1 unspecified atom stereocenters. The van der Waals surface area contributed by atoms with Crippen LogP contribution >= 0.6 is 34.8 Å². The molecule has 2 aromatic carbocycles. The van der Waals surface area contributed by atoms with E-state index in [4.69, 9.17) is 40.5 Å². The van der Waals surface area contributed by atoms with E-state index < -0.39 is 11.9 Å². The van der Waals surface area contributed by atoms with Gasteiger partial charge in [0.05, 0.1) is 21.1 Å². The van der Waals surface area contributed by atoms with E-state index in [9.17, 15) is 4.39 Å². The molecular formula is C13H9Cl3FN. The molecule has 2 aromatic rings. The molecule has 0 aliphatic carbocycles. The highest BCUT2D eigenvalue weighted by atomic mass is 35.5. The molecule has 0 bridgehead atoms. The third-order valence-corrected chi connectivity index (χ3v) is 3.65. The van der Waals surface area contributed by atoms with Crippen molar-refractivity contribution in [2.45, 2.75) is 6.04 Å². The van der Waals surface area contributed by atoms with Gasteiger partial charge in [0, 0.05) is 0 Å². The smallest absolute Gasteiger partial charge is 0.142 e. The molecule has 0 aliphatic heterocycles. The minimum atomic E-state index is -0.496. The molecule has 18 heavy (non-hydrogen) atoms. The van der Waals surface area contributed by atoms with Gasteiger partial charge in [0.2, 0.25) is 0 Å². The van der Waals surface area contributed by atoms with Crippen molar-refractivity contribution in [3.8, 4) is 0 Å². The standard InChI is InChI=1S/C13H9Cl3FN/c14-9-3-1-7(5-11(9)16)13(18)8-2-4-10(15)12(17)6-8/h1-6,13H,18H2. The molecule has 0 aliphatic rings. The van der Waals surface area contributed by atoms with Gasteiger partial charge in [-0.25, -0.2) is 4.39 Å². The Morgan fingerprint density at radius 3 is 1.94 bits per heavy atom. The molecule has 5 heteroatoms. The molecule has 0 amide bonds. The summed E-state index contributed by atoms with van der Waals surface area (Å²) in [6.07, 6.45) is 0.